The van der Waals surface area contributed by atoms with Crippen LogP contribution >= 0.6 is 11.6 Å². The number of hydrogen-bond donors (Lipinski definition) is 2. The predicted molar refractivity (Wildman–Crippen MR) is 241 cm³/mol. The van der Waals surface area contributed by atoms with Crippen LogP contribution in [0.3, 0.4) is 0 Å². The summed E-state index contributed by atoms with van der Waals surface area (Å²) in [5.74, 6) is -3.03. The maximum Gasteiger partial charge on any atom is 0.259 e. The lowest BCUT2D eigenvalue weighted by atomic mass is 9.77. The van der Waals surface area contributed by atoms with Crippen LogP contribution in [0.15, 0.2) is 83.8 Å². The van der Waals surface area contributed by atoms with Crippen LogP contribution in [0.4, 0.5) is 0 Å². The van der Waals surface area contributed by atoms with Gasteiger partial charge in [-0.1, -0.05) is 80.9 Å². The number of fused-ring (bicyclic) bond motifs is 5. The average molecular weight is 894 g/mol. The number of nitrogens with zero attached hydrogens (tertiary/aromatic N) is 3. The Morgan fingerprint density at radius 2 is 1.76 bits per heavy atom. The maximum atomic E-state index is 15.1. The van der Waals surface area contributed by atoms with Crippen molar-refractivity contribution in [3.63, 3.8) is 0 Å². The molecule has 2 N–H and O–H groups in total. The molecule has 3 aromatic carbocycles. The van der Waals surface area contributed by atoms with Crippen molar-refractivity contribution in [2.45, 2.75) is 95.1 Å². The first-order chi connectivity index (χ1) is 30.1. The van der Waals surface area contributed by atoms with Crippen LogP contribution in [-0.2, 0) is 29.2 Å². The molecule has 330 valence electrons. The zero-order chi connectivity index (χ0) is 44.4. The number of aromatic nitrogens is 1. The molecule has 5 aromatic rings. The van der Waals surface area contributed by atoms with E-state index in [-0.39, 0.29) is 43.5 Å². The monoisotopic (exact) mass is 893 g/mol. The molecule has 4 amide bonds. The molecule has 4 heterocycles. The number of likely N-dealkylation sites (tertiary alicyclic amines) is 2. The van der Waals surface area contributed by atoms with Gasteiger partial charge in [0.15, 0.2) is 5.58 Å². The Morgan fingerprint density at radius 3 is 2.44 bits per heavy atom. The second-order valence-corrected chi connectivity index (χ2v) is 21.1. The highest BCUT2D eigenvalue weighted by atomic mass is 35.5. The number of sulfonamides is 1. The van der Waals surface area contributed by atoms with Crippen LogP contribution in [0.5, 0.6) is 5.88 Å². The molecule has 2 aromatic heterocycles. The fraction of sp³-hybridized carbons (Fsp3) is 0.438. The van der Waals surface area contributed by atoms with Gasteiger partial charge in [-0.05, 0) is 79.3 Å². The Labute approximate surface area is 371 Å². The Kier molecular flexibility index (Phi) is 11.1. The number of halogens is 1. The van der Waals surface area contributed by atoms with Gasteiger partial charge in [-0.3, -0.25) is 23.9 Å². The number of ether oxygens (including phenoxy) is 1. The van der Waals surface area contributed by atoms with E-state index in [0.717, 1.165) is 35.8 Å². The first-order valence-corrected chi connectivity index (χ1v) is 23.8. The molecule has 0 radical (unpaired) electrons. The van der Waals surface area contributed by atoms with Crippen molar-refractivity contribution in [1.82, 2.24) is 24.8 Å². The van der Waals surface area contributed by atoms with Gasteiger partial charge >= 0.3 is 0 Å². The van der Waals surface area contributed by atoms with Crippen molar-refractivity contribution in [3.8, 4) is 17.0 Å². The van der Waals surface area contributed by atoms with Crippen LogP contribution in [0.2, 0.25) is 5.02 Å². The highest BCUT2D eigenvalue weighted by molar-refractivity contribution is 7.91. The molecule has 2 saturated heterocycles. The number of furan rings is 1. The van der Waals surface area contributed by atoms with Gasteiger partial charge in [0.05, 0.1) is 17.7 Å². The number of rotatable bonds is 12. The third-order valence-corrected chi connectivity index (χ3v) is 15.3. The second-order valence-electron chi connectivity index (χ2n) is 18.7. The first-order valence-electron chi connectivity index (χ1n) is 21.8. The highest BCUT2D eigenvalue weighted by Crippen LogP contribution is 2.47. The summed E-state index contributed by atoms with van der Waals surface area (Å²) in [6.07, 6.45) is 4.64. The van der Waals surface area contributed by atoms with E-state index in [1.54, 1.807) is 18.2 Å². The van der Waals surface area contributed by atoms with Gasteiger partial charge in [0.2, 0.25) is 33.6 Å². The smallest absolute Gasteiger partial charge is 0.259 e. The van der Waals surface area contributed by atoms with Crippen molar-refractivity contribution in [1.29, 1.82) is 0 Å². The van der Waals surface area contributed by atoms with Crippen LogP contribution in [0, 0.1) is 17.3 Å². The van der Waals surface area contributed by atoms with E-state index < -0.39 is 62.0 Å². The van der Waals surface area contributed by atoms with E-state index in [9.17, 15) is 22.8 Å². The number of pyridine rings is 1. The van der Waals surface area contributed by atoms with Crippen molar-refractivity contribution >= 4 is 78.1 Å². The zero-order valence-corrected chi connectivity index (χ0v) is 37.3. The molecule has 0 bridgehead atoms. The van der Waals surface area contributed by atoms with Gasteiger partial charge in [0.25, 0.3) is 5.91 Å². The Morgan fingerprint density at radius 1 is 1.02 bits per heavy atom. The van der Waals surface area contributed by atoms with E-state index in [1.165, 1.54) is 11.0 Å². The van der Waals surface area contributed by atoms with Gasteiger partial charge in [0.1, 0.15) is 28.8 Å². The zero-order valence-electron chi connectivity index (χ0n) is 35.7. The van der Waals surface area contributed by atoms with Crippen molar-refractivity contribution in [3.05, 3.63) is 84.4 Å². The normalized spacial score (nSPS) is 23.1. The van der Waals surface area contributed by atoms with Crippen molar-refractivity contribution in [2.24, 2.45) is 17.3 Å². The Bertz CT molecular complexity index is 2780. The lowest BCUT2D eigenvalue weighted by molar-refractivity contribution is -0.148. The molecule has 4 fully saturated rings. The summed E-state index contributed by atoms with van der Waals surface area (Å²) in [6, 6.07) is 19.9. The summed E-state index contributed by atoms with van der Waals surface area (Å²) in [5, 5.41) is 4.84. The molecule has 4 aliphatic rings. The molecule has 2 saturated carbocycles. The van der Waals surface area contributed by atoms with E-state index in [0.29, 0.717) is 58.4 Å². The van der Waals surface area contributed by atoms with E-state index in [1.807, 2.05) is 74.2 Å². The molecule has 0 unspecified atom stereocenters. The minimum absolute atomic E-state index is 0.0168. The average Bonchev–Trinajstić information content (AvgIpc) is 4.18. The Balaban J connectivity index is 1.09. The third kappa shape index (κ3) is 8.16. The first kappa shape index (κ1) is 42.8. The lowest BCUT2D eigenvalue weighted by Crippen LogP contribution is -2.57. The largest absolute Gasteiger partial charge is 0.472 e. The fourth-order valence-electron chi connectivity index (χ4n) is 9.39. The molecule has 13 nitrogen and oxygen atoms in total. The number of piperidine rings is 1. The number of benzene rings is 3. The van der Waals surface area contributed by atoms with Crippen LogP contribution < -0.4 is 14.8 Å². The van der Waals surface area contributed by atoms with E-state index >= 15 is 4.79 Å². The Hall–Kier alpha value is -5.47. The number of carbonyl (C=O) groups excluding carboxylic acids is 4. The maximum absolute atomic E-state index is 15.1. The van der Waals surface area contributed by atoms with Gasteiger partial charge in [0, 0.05) is 53.0 Å². The van der Waals surface area contributed by atoms with E-state index in [2.05, 4.69) is 16.6 Å². The number of amides is 4. The summed E-state index contributed by atoms with van der Waals surface area (Å²) in [6.45, 7) is 10.8. The van der Waals surface area contributed by atoms with Crippen LogP contribution in [-0.4, -0.2) is 89.4 Å². The van der Waals surface area contributed by atoms with Crippen molar-refractivity contribution < 1.29 is 36.7 Å². The number of hydrogen-bond acceptors (Lipinski definition) is 9. The summed E-state index contributed by atoms with van der Waals surface area (Å²) < 4.78 is 41.4. The fourth-order valence-corrected chi connectivity index (χ4v) is 10.9. The van der Waals surface area contributed by atoms with Gasteiger partial charge < -0.3 is 24.3 Å². The molecule has 0 spiro atoms. The molecule has 5 atom stereocenters. The van der Waals surface area contributed by atoms with Gasteiger partial charge in [-0.15, -0.1) is 6.58 Å². The summed E-state index contributed by atoms with van der Waals surface area (Å²) in [4.78, 5) is 65.7. The van der Waals surface area contributed by atoms with E-state index in [4.69, 9.17) is 25.7 Å². The minimum Gasteiger partial charge on any atom is -0.472 e. The molecular formula is C48H52ClN5O8S. The molecular weight excluding hydrogens is 842 g/mol. The predicted octanol–water partition coefficient (Wildman–Crippen LogP) is 7.54. The standard InChI is InChI=1S/C48H52ClN5O8S/c1-5-29-26-48(29,46(58)52-63(59,60)32-18-19-32)51-43(56)37-24-31(27-54(37)45(57)36(47(2,3)4)25-39(55)53-21-10-7-11-22-53)61-44-34-16-12-15-33(28-13-8-6-9-14-28)40(34)42-41(50-44)35-23-30(49)17-20-38(35)62-42/h5-6,8-9,12-17,20,23,29,31-32,36-37H,1,7,10-11,18-19,21-22,24-27H2,2-4H3,(H,51,56)(H,52,58)/t29-,31-,36-,37+,48-/m1/s1. The number of nitrogens with one attached hydrogen (secondary N) is 2. The second kappa shape index (κ2) is 16.3. The molecule has 2 aliphatic carbocycles. The minimum atomic E-state index is -3.93. The SMILES string of the molecule is C=C[C@@H]1C[C@]1(NC(=O)[C@@H]1C[C@@H](Oc2nc3c4cc(Cl)ccc4oc3c3c(-c4ccccc4)cccc23)CN1C(=O)[C@@H](CC(=O)N1CCCCC1)C(C)(C)C)C(=O)NS(=O)(=O)C1CC1. The molecule has 2 aliphatic heterocycles. The topological polar surface area (TPSA) is 168 Å². The van der Waals surface area contributed by atoms with Crippen LogP contribution in [0.1, 0.15) is 72.1 Å². The molecule has 15 heteroatoms. The quantitative estimate of drug-likeness (QED) is 0.120. The molecule has 63 heavy (non-hydrogen) atoms. The highest BCUT2D eigenvalue weighted by Gasteiger charge is 2.62. The number of carbonyl (C=O) groups is 4. The van der Waals surface area contributed by atoms with Crippen LogP contribution in [0.25, 0.3) is 44.0 Å². The van der Waals surface area contributed by atoms with Crippen molar-refractivity contribution in [2.75, 3.05) is 19.6 Å². The summed E-state index contributed by atoms with van der Waals surface area (Å²) >= 11 is 6.50. The summed E-state index contributed by atoms with van der Waals surface area (Å²) in [7, 11) is -3.93. The van der Waals surface area contributed by atoms with Gasteiger partial charge in [-0.25, -0.2) is 13.4 Å². The van der Waals surface area contributed by atoms with Gasteiger partial charge in [-0.2, -0.15) is 0 Å². The molecule has 9 rings (SSSR count). The summed E-state index contributed by atoms with van der Waals surface area (Å²) in [5.41, 5.74) is 1.26. The third-order valence-electron chi connectivity index (χ3n) is 13.3. The lowest BCUT2D eigenvalue weighted by Gasteiger charge is -2.36.